The molecule has 0 spiro atoms. The Morgan fingerprint density at radius 3 is 2.21 bits per heavy atom. The molecular weight excluding hydrogens is 406 g/mol. The fraction of sp³-hybridized carbons (Fsp3) is 0.579. The number of nitrogens with two attached hydrogens (primary N) is 1. The lowest BCUT2D eigenvalue weighted by molar-refractivity contribution is -0.137. The average molecular weight is 437 g/mol. The molecule has 3 N–H and O–H groups in total. The van der Waals surface area contributed by atoms with Crippen LogP contribution >= 0.6 is 24.8 Å². The molecule has 1 saturated heterocycles. The summed E-state index contributed by atoms with van der Waals surface area (Å²) in [5.41, 5.74) is 6.22. The van der Waals surface area contributed by atoms with Gasteiger partial charge in [0.05, 0.1) is 12.1 Å². The summed E-state index contributed by atoms with van der Waals surface area (Å²) in [5.74, 6) is -0.631. The minimum absolute atomic E-state index is 0. The normalized spacial score (nSPS) is 17.0. The Hall–Kier alpha value is -1.41. The topological polar surface area (TPSA) is 78.7 Å². The molecule has 0 aromatic heterocycles. The first-order valence-corrected chi connectivity index (χ1v) is 8.94. The quantitative estimate of drug-likeness (QED) is 0.759. The summed E-state index contributed by atoms with van der Waals surface area (Å²) < 4.78 is 13.2. The molecule has 1 aliphatic heterocycles. The molecule has 9 heteroatoms. The van der Waals surface area contributed by atoms with E-state index in [-0.39, 0.29) is 48.1 Å². The summed E-state index contributed by atoms with van der Waals surface area (Å²) in [7, 11) is 0. The molecule has 6 nitrogen and oxygen atoms in total. The number of piperazine rings is 1. The molecule has 1 fully saturated rings. The van der Waals surface area contributed by atoms with Crippen molar-refractivity contribution in [2.45, 2.75) is 39.8 Å². The Bertz CT molecular complexity index is 662. The van der Waals surface area contributed by atoms with Crippen molar-refractivity contribution in [3.05, 3.63) is 30.1 Å². The van der Waals surface area contributed by atoms with E-state index in [2.05, 4.69) is 5.32 Å². The summed E-state index contributed by atoms with van der Waals surface area (Å²) >= 11 is 0. The number of amides is 2. The maximum absolute atomic E-state index is 13.2. The van der Waals surface area contributed by atoms with Crippen LogP contribution in [-0.4, -0.2) is 59.9 Å². The highest BCUT2D eigenvalue weighted by atomic mass is 35.5. The molecule has 160 valence electrons. The zero-order valence-corrected chi connectivity index (χ0v) is 18.4. The van der Waals surface area contributed by atoms with Gasteiger partial charge in [0.15, 0.2) is 0 Å². The van der Waals surface area contributed by atoms with Crippen molar-refractivity contribution in [1.82, 2.24) is 9.80 Å². The zero-order chi connectivity index (χ0) is 19.5. The second-order valence-electron chi connectivity index (χ2n) is 7.88. The smallest absolute Gasteiger partial charge is 0.241 e. The zero-order valence-electron chi connectivity index (χ0n) is 16.8. The van der Waals surface area contributed by atoms with Crippen molar-refractivity contribution in [3.8, 4) is 0 Å². The first-order valence-electron chi connectivity index (χ1n) is 8.94. The summed E-state index contributed by atoms with van der Waals surface area (Å²) in [6.07, 6.45) is 0. The number of benzene rings is 1. The molecular formula is C19H31Cl2FN4O2. The number of anilines is 1. The van der Waals surface area contributed by atoms with E-state index in [1.54, 1.807) is 17.0 Å². The fourth-order valence-corrected chi connectivity index (χ4v) is 2.88. The van der Waals surface area contributed by atoms with E-state index >= 15 is 0 Å². The monoisotopic (exact) mass is 436 g/mol. The standard InChI is InChI=1S/C19H29FN4O2.2ClH/c1-13(17(25)22-15-7-5-6-14(20)12-15)23-8-10-24(11-9-23)18(26)16(21)19(2,3)4;;/h5-7,12-13,16H,8-11,21H2,1-4H3,(H,22,25);2*1H/t13?,16-;;/m1../s1. The SMILES string of the molecule is CC(C(=O)Nc1cccc(F)c1)N1CCN(C(=O)[C@@H](N)C(C)(C)C)CC1.Cl.Cl. The van der Waals surface area contributed by atoms with Crippen LogP contribution in [0.2, 0.25) is 0 Å². The third-order valence-electron chi connectivity index (χ3n) is 4.84. The third kappa shape index (κ3) is 6.88. The van der Waals surface area contributed by atoms with Gasteiger partial charge >= 0.3 is 0 Å². The predicted octanol–water partition coefficient (Wildman–Crippen LogP) is 2.51. The molecule has 0 bridgehead atoms. The first kappa shape index (κ1) is 26.6. The van der Waals surface area contributed by atoms with Crippen LogP contribution < -0.4 is 11.1 Å². The second kappa shape index (κ2) is 11.0. The lowest BCUT2D eigenvalue weighted by Gasteiger charge is -2.39. The number of carbonyl (C=O) groups is 2. The number of nitrogens with one attached hydrogen (secondary N) is 1. The summed E-state index contributed by atoms with van der Waals surface area (Å²) in [4.78, 5) is 28.7. The van der Waals surface area contributed by atoms with Gasteiger partial charge in [-0.05, 0) is 30.5 Å². The molecule has 1 aliphatic rings. The van der Waals surface area contributed by atoms with Crippen LogP contribution in [0, 0.1) is 11.2 Å². The fourth-order valence-electron chi connectivity index (χ4n) is 2.88. The Labute approximate surface area is 178 Å². The van der Waals surface area contributed by atoms with Gasteiger partial charge in [-0.15, -0.1) is 24.8 Å². The summed E-state index contributed by atoms with van der Waals surface area (Å²) in [6, 6.07) is 4.91. The van der Waals surface area contributed by atoms with Crippen molar-refractivity contribution in [1.29, 1.82) is 0 Å². The van der Waals surface area contributed by atoms with E-state index in [1.165, 1.54) is 12.1 Å². The van der Waals surface area contributed by atoms with E-state index in [0.29, 0.717) is 31.9 Å². The van der Waals surface area contributed by atoms with Gasteiger partial charge in [0.2, 0.25) is 11.8 Å². The van der Waals surface area contributed by atoms with Crippen molar-refractivity contribution in [2.75, 3.05) is 31.5 Å². The third-order valence-corrected chi connectivity index (χ3v) is 4.84. The maximum atomic E-state index is 13.2. The molecule has 2 amide bonds. The van der Waals surface area contributed by atoms with Crippen LogP contribution in [0.25, 0.3) is 0 Å². The number of rotatable bonds is 4. The molecule has 1 unspecified atom stereocenters. The number of carbonyl (C=O) groups excluding carboxylic acids is 2. The molecule has 0 saturated carbocycles. The lowest BCUT2D eigenvalue weighted by atomic mass is 9.86. The van der Waals surface area contributed by atoms with Crippen molar-refractivity contribution in [3.63, 3.8) is 0 Å². The number of hydrogen-bond donors (Lipinski definition) is 2. The maximum Gasteiger partial charge on any atom is 0.241 e. The van der Waals surface area contributed by atoms with E-state index < -0.39 is 11.9 Å². The average Bonchev–Trinajstić information content (AvgIpc) is 2.59. The minimum Gasteiger partial charge on any atom is -0.339 e. The van der Waals surface area contributed by atoms with Crippen LogP contribution in [0.3, 0.4) is 0 Å². The van der Waals surface area contributed by atoms with Gasteiger partial charge in [-0.25, -0.2) is 4.39 Å². The molecule has 0 radical (unpaired) electrons. The predicted molar refractivity (Wildman–Crippen MR) is 115 cm³/mol. The second-order valence-corrected chi connectivity index (χ2v) is 7.88. The Kier molecular flexibility index (Phi) is 10.4. The van der Waals surface area contributed by atoms with Gasteiger partial charge in [-0.3, -0.25) is 14.5 Å². The Balaban J connectivity index is 0.00000364. The summed E-state index contributed by atoms with van der Waals surface area (Å²) in [5, 5.41) is 2.73. The van der Waals surface area contributed by atoms with Crippen LogP contribution in [0.1, 0.15) is 27.7 Å². The van der Waals surface area contributed by atoms with Gasteiger partial charge in [0.25, 0.3) is 0 Å². The Morgan fingerprint density at radius 2 is 1.71 bits per heavy atom. The van der Waals surface area contributed by atoms with E-state index in [0.717, 1.165) is 0 Å². The molecule has 0 aliphatic carbocycles. The van der Waals surface area contributed by atoms with Gasteiger partial charge in [-0.1, -0.05) is 26.8 Å². The minimum atomic E-state index is -0.539. The van der Waals surface area contributed by atoms with Gasteiger partial charge in [0, 0.05) is 31.9 Å². The van der Waals surface area contributed by atoms with Crippen molar-refractivity contribution < 1.29 is 14.0 Å². The highest BCUT2D eigenvalue weighted by Gasteiger charge is 2.34. The van der Waals surface area contributed by atoms with E-state index in [9.17, 15) is 14.0 Å². The number of nitrogens with zero attached hydrogens (tertiary/aromatic N) is 2. The van der Waals surface area contributed by atoms with E-state index in [4.69, 9.17) is 5.73 Å². The number of hydrogen-bond acceptors (Lipinski definition) is 4. The van der Waals surface area contributed by atoms with Gasteiger partial charge < -0.3 is 16.0 Å². The van der Waals surface area contributed by atoms with Gasteiger partial charge in [0.1, 0.15) is 5.82 Å². The van der Waals surface area contributed by atoms with E-state index in [1.807, 2.05) is 32.6 Å². The summed E-state index contributed by atoms with van der Waals surface area (Å²) in [6.45, 7) is 9.94. The van der Waals surface area contributed by atoms with Crippen LogP contribution in [0.5, 0.6) is 0 Å². The highest BCUT2D eigenvalue weighted by Crippen LogP contribution is 2.20. The molecule has 2 atom stereocenters. The lowest BCUT2D eigenvalue weighted by Crippen LogP contribution is -2.58. The van der Waals surface area contributed by atoms with Crippen LogP contribution in [0.15, 0.2) is 24.3 Å². The molecule has 1 heterocycles. The van der Waals surface area contributed by atoms with Gasteiger partial charge in [-0.2, -0.15) is 0 Å². The highest BCUT2D eigenvalue weighted by molar-refractivity contribution is 5.94. The molecule has 1 aromatic rings. The number of halogens is 3. The van der Waals surface area contributed by atoms with Crippen molar-refractivity contribution >= 4 is 42.3 Å². The molecule has 2 rings (SSSR count). The first-order chi connectivity index (χ1) is 12.1. The Morgan fingerprint density at radius 1 is 1.14 bits per heavy atom. The molecule has 1 aromatic carbocycles. The van der Waals surface area contributed by atoms with Crippen LogP contribution in [0.4, 0.5) is 10.1 Å². The van der Waals surface area contributed by atoms with Crippen LogP contribution in [-0.2, 0) is 9.59 Å². The molecule has 28 heavy (non-hydrogen) atoms. The largest absolute Gasteiger partial charge is 0.339 e. The van der Waals surface area contributed by atoms with Crippen molar-refractivity contribution in [2.24, 2.45) is 11.1 Å².